The number of benzene rings is 2. The lowest BCUT2D eigenvalue weighted by Crippen LogP contribution is -2.44. The van der Waals surface area contributed by atoms with Crippen LogP contribution < -0.4 is 14.4 Å². The molecule has 2 aliphatic heterocycles. The molecule has 1 unspecified atom stereocenters. The van der Waals surface area contributed by atoms with Crippen LogP contribution in [0.15, 0.2) is 36.4 Å². The zero-order chi connectivity index (χ0) is 23.8. The molecule has 2 aromatic carbocycles. The van der Waals surface area contributed by atoms with Crippen molar-refractivity contribution in [3.63, 3.8) is 0 Å². The predicted octanol–water partition coefficient (Wildman–Crippen LogP) is 4.34. The van der Waals surface area contributed by atoms with Crippen molar-refractivity contribution in [2.24, 2.45) is 5.92 Å². The average Bonchev–Trinajstić information content (AvgIpc) is 3.43. The third-order valence-corrected chi connectivity index (χ3v) is 7.78. The first-order valence-electron chi connectivity index (χ1n) is 11.7. The summed E-state index contributed by atoms with van der Waals surface area (Å²) < 4.78 is 12.5. The molecule has 5 rings (SSSR count). The number of hydrogen-bond acceptors (Lipinski definition) is 6. The Morgan fingerprint density at radius 3 is 2.62 bits per heavy atom. The molecule has 1 aromatic heterocycles. The second-order valence-electron chi connectivity index (χ2n) is 9.13. The first-order chi connectivity index (χ1) is 16.4. The van der Waals surface area contributed by atoms with Gasteiger partial charge in [0.05, 0.1) is 23.2 Å². The number of likely N-dealkylation sites (tertiary alicyclic amines) is 1. The van der Waals surface area contributed by atoms with E-state index in [-0.39, 0.29) is 30.3 Å². The van der Waals surface area contributed by atoms with E-state index in [1.165, 1.54) is 16.9 Å². The Balaban J connectivity index is 1.17. The summed E-state index contributed by atoms with van der Waals surface area (Å²) >= 11 is 1.51. The smallest absolute Gasteiger partial charge is 0.274 e. The second kappa shape index (κ2) is 9.25. The van der Waals surface area contributed by atoms with Crippen LogP contribution in [0.4, 0.5) is 5.69 Å². The Morgan fingerprint density at radius 2 is 1.88 bits per heavy atom. The fourth-order valence-corrected chi connectivity index (χ4v) is 5.58. The summed E-state index contributed by atoms with van der Waals surface area (Å²) in [5.41, 5.74) is 4.12. The van der Waals surface area contributed by atoms with E-state index >= 15 is 0 Å². The van der Waals surface area contributed by atoms with E-state index in [4.69, 9.17) is 9.47 Å². The van der Waals surface area contributed by atoms with E-state index in [0.717, 1.165) is 40.1 Å². The van der Waals surface area contributed by atoms with Gasteiger partial charge in [-0.05, 0) is 55.3 Å². The summed E-state index contributed by atoms with van der Waals surface area (Å²) in [6.07, 6.45) is 1.82. The quantitative estimate of drug-likeness (QED) is 0.544. The van der Waals surface area contributed by atoms with Gasteiger partial charge in [0.15, 0.2) is 0 Å². The largest absolute Gasteiger partial charge is 0.497 e. The molecule has 3 heterocycles. The molecule has 2 aliphatic rings. The van der Waals surface area contributed by atoms with Crippen molar-refractivity contribution >= 4 is 39.1 Å². The SMILES string of the molecule is COc1ccc2nc(OC3CCN(C(=O)C4CC(=O)N(c5ccc(C)c(C)c5)C4)CC3)sc2c1. The van der Waals surface area contributed by atoms with Crippen molar-refractivity contribution < 1.29 is 19.1 Å². The van der Waals surface area contributed by atoms with Crippen molar-refractivity contribution in [3.05, 3.63) is 47.5 Å². The molecule has 0 N–H and O–H groups in total. The van der Waals surface area contributed by atoms with Crippen LogP contribution in [0.3, 0.4) is 0 Å². The second-order valence-corrected chi connectivity index (χ2v) is 10.1. The van der Waals surface area contributed by atoms with E-state index < -0.39 is 0 Å². The van der Waals surface area contributed by atoms with Crippen molar-refractivity contribution in [3.8, 4) is 10.9 Å². The van der Waals surface area contributed by atoms with Gasteiger partial charge in [0.1, 0.15) is 11.9 Å². The zero-order valence-corrected chi connectivity index (χ0v) is 20.6. The number of ether oxygens (including phenoxy) is 2. The first-order valence-corrected chi connectivity index (χ1v) is 12.5. The lowest BCUT2D eigenvalue weighted by atomic mass is 10.0. The number of amides is 2. The number of thiazole rings is 1. The molecule has 2 fully saturated rings. The van der Waals surface area contributed by atoms with Crippen LogP contribution in [-0.4, -0.2) is 54.5 Å². The van der Waals surface area contributed by atoms with Crippen molar-refractivity contribution in [1.82, 2.24) is 9.88 Å². The first kappa shape index (κ1) is 22.7. The van der Waals surface area contributed by atoms with E-state index in [1.54, 1.807) is 12.0 Å². The number of carbonyl (C=O) groups is 2. The monoisotopic (exact) mass is 479 g/mol. The highest BCUT2D eigenvalue weighted by Gasteiger charge is 2.38. The lowest BCUT2D eigenvalue weighted by Gasteiger charge is -2.33. The Kier molecular flexibility index (Phi) is 6.16. The fourth-order valence-electron chi connectivity index (χ4n) is 4.67. The number of aromatic nitrogens is 1. The van der Waals surface area contributed by atoms with Crippen LogP contribution >= 0.6 is 11.3 Å². The van der Waals surface area contributed by atoms with Crippen molar-refractivity contribution in [2.75, 3.05) is 31.6 Å². The molecule has 2 saturated heterocycles. The summed E-state index contributed by atoms with van der Waals surface area (Å²) in [4.78, 5) is 34.1. The molecule has 0 saturated carbocycles. The molecule has 34 heavy (non-hydrogen) atoms. The molecule has 0 aliphatic carbocycles. The maximum absolute atomic E-state index is 13.2. The molecular weight excluding hydrogens is 450 g/mol. The minimum atomic E-state index is -0.286. The van der Waals surface area contributed by atoms with Crippen LogP contribution in [0.25, 0.3) is 10.2 Å². The number of nitrogens with zero attached hydrogens (tertiary/aromatic N) is 3. The summed E-state index contributed by atoms with van der Waals surface area (Å²) in [6.45, 7) is 5.82. The third-order valence-electron chi connectivity index (χ3n) is 6.87. The van der Waals surface area contributed by atoms with Crippen LogP contribution in [-0.2, 0) is 9.59 Å². The lowest BCUT2D eigenvalue weighted by molar-refractivity contribution is -0.137. The van der Waals surface area contributed by atoms with Crippen LogP contribution in [0.5, 0.6) is 10.9 Å². The highest BCUT2D eigenvalue weighted by molar-refractivity contribution is 7.20. The van der Waals surface area contributed by atoms with Gasteiger partial charge in [-0.25, -0.2) is 4.98 Å². The zero-order valence-electron chi connectivity index (χ0n) is 19.7. The highest BCUT2D eigenvalue weighted by atomic mass is 32.1. The minimum absolute atomic E-state index is 0.0206. The van der Waals surface area contributed by atoms with Gasteiger partial charge < -0.3 is 19.3 Å². The molecule has 1 atom stereocenters. The van der Waals surface area contributed by atoms with Crippen LogP contribution in [0.1, 0.15) is 30.4 Å². The Morgan fingerprint density at radius 1 is 1.09 bits per heavy atom. The number of anilines is 1. The highest BCUT2D eigenvalue weighted by Crippen LogP contribution is 2.33. The molecule has 7 nitrogen and oxygen atoms in total. The molecule has 0 radical (unpaired) electrons. The Labute approximate surface area is 203 Å². The summed E-state index contributed by atoms with van der Waals surface area (Å²) in [5.74, 6) is 0.610. The third kappa shape index (κ3) is 4.46. The van der Waals surface area contributed by atoms with Crippen molar-refractivity contribution in [2.45, 2.75) is 39.2 Å². The number of piperidine rings is 1. The van der Waals surface area contributed by atoms with Crippen LogP contribution in [0, 0.1) is 19.8 Å². The van der Waals surface area contributed by atoms with Gasteiger partial charge in [0.25, 0.3) is 5.19 Å². The van der Waals surface area contributed by atoms with E-state index in [9.17, 15) is 9.59 Å². The fraction of sp³-hybridized carbons (Fsp3) is 0.423. The van der Waals surface area contributed by atoms with Gasteiger partial charge in [-0.2, -0.15) is 0 Å². The van der Waals surface area contributed by atoms with Crippen molar-refractivity contribution in [1.29, 1.82) is 0 Å². The average molecular weight is 480 g/mol. The number of rotatable bonds is 5. The van der Waals surface area contributed by atoms with Gasteiger partial charge in [-0.3, -0.25) is 9.59 Å². The predicted molar refractivity (Wildman–Crippen MR) is 133 cm³/mol. The Bertz CT molecular complexity index is 1230. The molecule has 0 spiro atoms. The Hall–Kier alpha value is -3.13. The summed E-state index contributed by atoms with van der Waals surface area (Å²) in [5, 5.41) is 0.651. The number of methoxy groups -OCH3 is 1. The number of hydrogen-bond donors (Lipinski definition) is 0. The molecule has 2 amide bonds. The number of fused-ring (bicyclic) bond motifs is 1. The molecule has 3 aromatic rings. The van der Waals surface area contributed by atoms with E-state index in [2.05, 4.69) is 11.9 Å². The normalized spacial score (nSPS) is 19.1. The van der Waals surface area contributed by atoms with E-state index in [0.29, 0.717) is 24.8 Å². The summed E-state index contributed by atoms with van der Waals surface area (Å²) in [7, 11) is 1.65. The van der Waals surface area contributed by atoms with Gasteiger partial charge in [-0.1, -0.05) is 17.4 Å². The molecule has 178 valence electrons. The van der Waals surface area contributed by atoms with Gasteiger partial charge in [0.2, 0.25) is 11.8 Å². The van der Waals surface area contributed by atoms with Gasteiger partial charge in [0, 0.05) is 44.6 Å². The maximum Gasteiger partial charge on any atom is 0.274 e. The number of aryl methyl sites for hydroxylation is 2. The van der Waals surface area contributed by atoms with E-state index in [1.807, 2.05) is 48.2 Å². The molecule has 8 heteroatoms. The van der Waals surface area contributed by atoms with Gasteiger partial charge in [-0.15, -0.1) is 0 Å². The standard InChI is InChI=1S/C26H29N3O4S/c1-16-4-5-19(12-17(16)2)29-15-18(13-24(29)30)25(31)28-10-8-20(9-11-28)33-26-27-22-7-6-21(32-3)14-23(22)34-26/h4-7,12,14,18,20H,8-11,13,15H2,1-3H3. The minimum Gasteiger partial charge on any atom is -0.497 e. The van der Waals surface area contributed by atoms with Crippen LogP contribution in [0.2, 0.25) is 0 Å². The maximum atomic E-state index is 13.2. The van der Waals surface area contributed by atoms with Gasteiger partial charge >= 0.3 is 0 Å². The summed E-state index contributed by atoms with van der Waals surface area (Å²) in [6, 6.07) is 11.8. The topological polar surface area (TPSA) is 72.0 Å². The molecule has 0 bridgehead atoms. The number of carbonyl (C=O) groups excluding carboxylic acids is 2. The molecular formula is C26H29N3O4S.